The SMILES string of the molecule is Fc1cc2c(c(CN3CCN(c4ncc(C(F)(F)F)cc4Cl)CC3)c1)OCOC2. The Labute approximate surface area is 169 Å². The van der Waals surface area contributed by atoms with Crippen molar-refractivity contribution in [2.24, 2.45) is 0 Å². The Morgan fingerprint density at radius 3 is 2.55 bits per heavy atom. The molecule has 2 aromatic rings. The summed E-state index contributed by atoms with van der Waals surface area (Å²) >= 11 is 6.04. The molecular weight excluding hydrogens is 414 g/mol. The van der Waals surface area contributed by atoms with Crippen LogP contribution in [0, 0.1) is 5.82 Å². The molecule has 1 saturated heterocycles. The van der Waals surface area contributed by atoms with Crippen molar-refractivity contribution in [2.45, 2.75) is 19.3 Å². The van der Waals surface area contributed by atoms with Crippen molar-refractivity contribution in [1.29, 1.82) is 0 Å². The first-order valence-corrected chi connectivity index (χ1v) is 9.41. The number of anilines is 1. The van der Waals surface area contributed by atoms with Crippen LogP contribution in [0.4, 0.5) is 23.4 Å². The lowest BCUT2D eigenvalue weighted by atomic mass is 10.1. The van der Waals surface area contributed by atoms with E-state index in [1.54, 1.807) is 0 Å². The summed E-state index contributed by atoms with van der Waals surface area (Å²) < 4.78 is 63.0. The molecular formula is C19H18ClF4N3O2. The molecule has 1 aromatic carbocycles. The van der Waals surface area contributed by atoms with Gasteiger partial charge in [-0.1, -0.05) is 11.6 Å². The van der Waals surface area contributed by atoms with Gasteiger partial charge in [0.25, 0.3) is 0 Å². The summed E-state index contributed by atoms with van der Waals surface area (Å²) in [6.45, 7) is 3.28. The zero-order valence-electron chi connectivity index (χ0n) is 15.3. The lowest BCUT2D eigenvalue weighted by Crippen LogP contribution is -2.46. The predicted octanol–water partition coefficient (Wildman–Crippen LogP) is 4.08. The predicted molar refractivity (Wildman–Crippen MR) is 98.4 cm³/mol. The van der Waals surface area contributed by atoms with E-state index in [1.165, 1.54) is 12.1 Å². The van der Waals surface area contributed by atoms with Crippen LogP contribution in [0.2, 0.25) is 5.02 Å². The number of halogens is 5. The van der Waals surface area contributed by atoms with Gasteiger partial charge in [-0.2, -0.15) is 13.2 Å². The Morgan fingerprint density at radius 2 is 1.86 bits per heavy atom. The third-order valence-corrected chi connectivity index (χ3v) is 5.24. The van der Waals surface area contributed by atoms with Crippen molar-refractivity contribution in [3.63, 3.8) is 0 Å². The summed E-state index contributed by atoms with van der Waals surface area (Å²) in [5.74, 6) is 0.655. The van der Waals surface area contributed by atoms with Gasteiger partial charge in [0.1, 0.15) is 17.4 Å². The molecule has 0 spiro atoms. The molecule has 1 fully saturated rings. The van der Waals surface area contributed by atoms with E-state index in [9.17, 15) is 17.6 Å². The smallest absolute Gasteiger partial charge is 0.417 e. The third kappa shape index (κ3) is 4.41. The summed E-state index contributed by atoms with van der Waals surface area (Å²) in [6, 6.07) is 3.77. The first kappa shape index (κ1) is 20.2. The number of ether oxygens (including phenoxy) is 2. The van der Waals surface area contributed by atoms with E-state index in [0.29, 0.717) is 56.5 Å². The second-order valence-electron chi connectivity index (χ2n) is 6.95. The van der Waals surface area contributed by atoms with Crippen LogP contribution in [0.15, 0.2) is 24.4 Å². The number of benzene rings is 1. The number of nitrogens with zero attached hydrogens (tertiary/aromatic N) is 3. The zero-order chi connectivity index (χ0) is 20.6. The van der Waals surface area contributed by atoms with E-state index in [1.807, 2.05) is 4.90 Å². The molecule has 0 aliphatic carbocycles. The highest BCUT2D eigenvalue weighted by atomic mass is 35.5. The molecule has 29 heavy (non-hydrogen) atoms. The summed E-state index contributed by atoms with van der Waals surface area (Å²) in [5.41, 5.74) is 0.567. The molecule has 1 aromatic heterocycles. The minimum atomic E-state index is -4.48. The maximum atomic E-state index is 13.9. The maximum absolute atomic E-state index is 13.9. The number of hydrogen-bond donors (Lipinski definition) is 0. The molecule has 156 valence electrons. The van der Waals surface area contributed by atoms with Gasteiger partial charge in [0, 0.05) is 50.0 Å². The fourth-order valence-corrected chi connectivity index (χ4v) is 3.84. The molecule has 0 radical (unpaired) electrons. The van der Waals surface area contributed by atoms with Gasteiger partial charge in [0.05, 0.1) is 17.2 Å². The van der Waals surface area contributed by atoms with E-state index in [0.717, 1.165) is 17.8 Å². The fraction of sp³-hybridized carbons (Fsp3) is 0.421. The molecule has 2 aliphatic rings. The first-order chi connectivity index (χ1) is 13.8. The normalized spacial score (nSPS) is 17.8. The molecule has 4 rings (SSSR count). The van der Waals surface area contributed by atoms with Crippen molar-refractivity contribution in [3.8, 4) is 5.75 Å². The van der Waals surface area contributed by atoms with Crippen LogP contribution >= 0.6 is 11.6 Å². The van der Waals surface area contributed by atoms with Gasteiger partial charge >= 0.3 is 6.18 Å². The van der Waals surface area contributed by atoms with Gasteiger partial charge in [0.15, 0.2) is 6.79 Å². The highest BCUT2D eigenvalue weighted by Crippen LogP contribution is 2.34. The lowest BCUT2D eigenvalue weighted by molar-refractivity contribution is -0.137. The molecule has 5 nitrogen and oxygen atoms in total. The molecule has 10 heteroatoms. The van der Waals surface area contributed by atoms with Crippen LogP contribution in [-0.2, 0) is 24.1 Å². The largest absolute Gasteiger partial charge is 0.467 e. The number of hydrogen-bond acceptors (Lipinski definition) is 5. The molecule has 0 unspecified atom stereocenters. The average molecular weight is 432 g/mol. The zero-order valence-corrected chi connectivity index (χ0v) is 16.1. The monoisotopic (exact) mass is 431 g/mol. The van der Waals surface area contributed by atoms with Gasteiger partial charge < -0.3 is 14.4 Å². The lowest BCUT2D eigenvalue weighted by Gasteiger charge is -2.36. The first-order valence-electron chi connectivity index (χ1n) is 9.03. The van der Waals surface area contributed by atoms with Gasteiger partial charge in [-0.25, -0.2) is 9.37 Å². The minimum Gasteiger partial charge on any atom is -0.467 e. The van der Waals surface area contributed by atoms with Gasteiger partial charge in [-0.3, -0.25) is 4.90 Å². The quantitative estimate of drug-likeness (QED) is 0.685. The molecule has 0 N–H and O–H groups in total. The van der Waals surface area contributed by atoms with Crippen molar-refractivity contribution >= 4 is 17.4 Å². The fourth-order valence-electron chi connectivity index (χ4n) is 3.55. The van der Waals surface area contributed by atoms with Gasteiger partial charge in [0.2, 0.25) is 0 Å². The Balaban J connectivity index is 1.42. The Hall–Kier alpha value is -2.10. The second-order valence-corrected chi connectivity index (χ2v) is 7.36. The van der Waals surface area contributed by atoms with E-state index in [-0.39, 0.29) is 17.6 Å². The van der Waals surface area contributed by atoms with Crippen LogP contribution in [-0.4, -0.2) is 42.9 Å². The number of pyridine rings is 1. The number of aromatic nitrogens is 1. The van der Waals surface area contributed by atoms with Gasteiger partial charge in [-0.15, -0.1) is 0 Å². The Morgan fingerprint density at radius 1 is 1.10 bits per heavy atom. The molecule has 0 bridgehead atoms. The summed E-state index contributed by atoms with van der Waals surface area (Å²) in [7, 11) is 0. The third-order valence-electron chi connectivity index (χ3n) is 4.97. The second kappa shape index (κ2) is 7.97. The molecule has 3 heterocycles. The van der Waals surface area contributed by atoms with Crippen LogP contribution in [0.1, 0.15) is 16.7 Å². The van der Waals surface area contributed by atoms with Gasteiger partial charge in [-0.05, 0) is 18.2 Å². The van der Waals surface area contributed by atoms with Crippen molar-refractivity contribution in [2.75, 3.05) is 37.9 Å². The highest BCUT2D eigenvalue weighted by Gasteiger charge is 2.32. The summed E-state index contributed by atoms with van der Waals surface area (Å²) in [4.78, 5) is 7.90. The Kier molecular flexibility index (Phi) is 5.54. The van der Waals surface area contributed by atoms with E-state index >= 15 is 0 Å². The molecule has 0 amide bonds. The van der Waals surface area contributed by atoms with Crippen LogP contribution in [0.5, 0.6) is 5.75 Å². The number of fused-ring (bicyclic) bond motifs is 1. The molecule has 0 saturated carbocycles. The topological polar surface area (TPSA) is 37.8 Å². The standard InChI is InChI=1S/C19H18ClF4N3O2/c20-16-7-14(19(22,23)24)8-25-18(16)27-3-1-26(2-4-27)9-12-5-15(21)6-13-10-28-11-29-17(12)13/h5-8H,1-4,9-11H2. The average Bonchev–Trinajstić information content (AvgIpc) is 2.68. The van der Waals surface area contributed by atoms with Crippen molar-refractivity contribution < 1.29 is 27.0 Å². The van der Waals surface area contributed by atoms with E-state index in [4.69, 9.17) is 21.1 Å². The van der Waals surface area contributed by atoms with Crippen molar-refractivity contribution in [3.05, 3.63) is 51.9 Å². The maximum Gasteiger partial charge on any atom is 0.417 e. The van der Waals surface area contributed by atoms with Crippen molar-refractivity contribution in [1.82, 2.24) is 9.88 Å². The van der Waals surface area contributed by atoms with Crippen LogP contribution in [0.3, 0.4) is 0 Å². The minimum absolute atomic E-state index is 0.0270. The summed E-state index contributed by atoms with van der Waals surface area (Å²) in [5, 5.41) is -0.0270. The number of rotatable bonds is 3. The highest BCUT2D eigenvalue weighted by molar-refractivity contribution is 6.33. The molecule has 0 atom stereocenters. The number of piperazine rings is 1. The van der Waals surface area contributed by atoms with Crippen LogP contribution < -0.4 is 9.64 Å². The van der Waals surface area contributed by atoms with E-state index < -0.39 is 11.7 Å². The summed E-state index contributed by atoms with van der Waals surface area (Å²) in [6.07, 6.45) is -3.68. The molecule has 2 aliphatic heterocycles. The Bertz CT molecular complexity index is 902. The number of alkyl halides is 3. The van der Waals surface area contributed by atoms with E-state index in [2.05, 4.69) is 9.88 Å². The van der Waals surface area contributed by atoms with Crippen LogP contribution in [0.25, 0.3) is 0 Å².